The highest BCUT2D eigenvalue weighted by Crippen LogP contribution is 2.35. The van der Waals surface area contributed by atoms with Crippen LogP contribution >= 0.6 is 31.9 Å². The molecule has 0 saturated heterocycles. The zero-order chi connectivity index (χ0) is 13.8. The first-order chi connectivity index (χ1) is 8.42. The lowest BCUT2D eigenvalue weighted by atomic mass is 9.78. The predicted octanol–water partition coefficient (Wildman–Crippen LogP) is 5.67. The van der Waals surface area contributed by atoms with E-state index in [4.69, 9.17) is 0 Å². The zero-order valence-corrected chi connectivity index (χ0v) is 15.1. The zero-order valence-electron chi connectivity index (χ0n) is 11.9. The molecule has 0 bridgehead atoms. The van der Waals surface area contributed by atoms with E-state index in [1.807, 2.05) is 0 Å². The van der Waals surface area contributed by atoms with Crippen LogP contribution in [0.5, 0.6) is 0 Å². The van der Waals surface area contributed by atoms with Crippen molar-refractivity contribution in [3.8, 4) is 0 Å². The molecule has 0 fully saturated rings. The van der Waals surface area contributed by atoms with Crippen LogP contribution in [0.25, 0.3) is 0 Å². The summed E-state index contributed by atoms with van der Waals surface area (Å²) in [6.07, 6.45) is 2.39. The van der Waals surface area contributed by atoms with E-state index >= 15 is 0 Å². The Kier molecular flexibility index (Phi) is 6.40. The summed E-state index contributed by atoms with van der Waals surface area (Å²) < 4.78 is 0. The lowest BCUT2D eigenvalue weighted by molar-refractivity contribution is 0.304. The van der Waals surface area contributed by atoms with Gasteiger partial charge in [0.1, 0.15) is 0 Å². The first-order valence-corrected chi connectivity index (χ1v) is 8.85. The van der Waals surface area contributed by atoms with Gasteiger partial charge in [0.05, 0.1) is 0 Å². The van der Waals surface area contributed by atoms with Crippen LogP contribution in [0, 0.1) is 25.2 Å². The fourth-order valence-corrected chi connectivity index (χ4v) is 4.31. The maximum absolute atomic E-state index is 3.72. The maximum atomic E-state index is 3.72. The molecule has 18 heavy (non-hydrogen) atoms. The van der Waals surface area contributed by atoms with Crippen molar-refractivity contribution in [3.63, 3.8) is 0 Å². The molecule has 0 nitrogen and oxygen atoms in total. The molecule has 0 N–H and O–H groups in total. The number of alkyl halides is 2. The van der Waals surface area contributed by atoms with E-state index in [0.29, 0.717) is 5.41 Å². The van der Waals surface area contributed by atoms with Crippen LogP contribution in [-0.2, 0) is 6.42 Å². The van der Waals surface area contributed by atoms with E-state index in [2.05, 4.69) is 77.8 Å². The van der Waals surface area contributed by atoms with Gasteiger partial charge < -0.3 is 0 Å². The maximum Gasteiger partial charge on any atom is 0.00992 e. The standard InChI is InChI=1S/C16H24Br2/c1-12(2)8-16(10-17,11-18)9-15-6-5-13(3)14(4)7-15/h5-7,12H,8-11H2,1-4H3. The summed E-state index contributed by atoms with van der Waals surface area (Å²) in [6.45, 7) is 8.99. The Labute approximate surface area is 129 Å². The summed E-state index contributed by atoms with van der Waals surface area (Å²) >= 11 is 7.44. The molecular formula is C16H24Br2. The van der Waals surface area contributed by atoms with Crippen molar-refractivity contribution in [1.82, 2.24) is 0 Å². The highest BCUT2D eigenvalue weighted by atomic mass is 79.9. The molecule has 1 aromatic rings. The molecular weight excluding hydrogens is 352 g/mol. The second kappa shape index (κ2) is 7.09. The third kappa shape index (κ3) is 4.38. The van der Waals surface area contributed by atoms with Gasteiger partial charge in [0, 0.05) is 10.7 Å². The summed E-state index contributed by atoms with van der Waals surface area (Å²) in [7, 11) is 0. The van der Waals surface area contributed by atoms with Crippen molar-refractivity contribution in [2.75, 3.05) is 10.7 Å². The van der Waals surface area contributed by atoms with Gasteiger partial charge in [-0.05, 0) is 54.7 Å². The lowest BCUT2D eigenvalue weighted by Crippen LogP contribution is -2.29. The molecule has 1 aromatic carbocycles. The quantitative estimate of drug-likeness (QED) is 0.562. The van der Waals surface area contributed by atoms with E-state index in [1.54, 1.807) is 0 Å². The average Bonchev–Trinajstić information content (AvgIpc) is 2.32. The van der Waals surface area contributed by atoms with Crippen molar-refractivity contribution in [2.24, 2.45) is 11.3 Å². The van der Waals surface area contributed by atoms with Gasteiger partial charge in [-0.3, -0.25) is 0 Å². The topological polar surface area (TPSA) is 0 Å². The number of hydrogen-bond donors (Lipinski definition) is 0. The number of halogens is 2. The van der Waals surface area contributed by atoms with E-state index in [-0.39, 0.29) is 0 Å². The molecule has 0 saturated carbocycles. The molecule has 0 aliphatic rings. The van der Waals surface area contributed by atoms with Crippen LogP contribution in [-0.4, -0.2) is 10.7 Å². The number of rotatable bonds is 6. The molecule has 1 rings (SSSR count). The monoisotopic (exact) mass is 374 g/mol. The second-order valence-corrected chi connectivity index (χ2v) is 7.08. The van der Waals surface area contributed by atoms with Gasteiger partial charge >= 0.3 is 0 Å². The molecule has 0 amide bonds. The third-order valence-electron chi connectivity index (χ3n) is 3.56. The molecule has 2 heteroatoms. The summed E-state index contributed by atoms with van der Waals surface area (Å²) in [6, 6.07) is 6.87. The molecule has 0 heterocycles. The minimum absolute atomic E-state index is 0.329. The summed E-state index contributed by atoms with van der Waals surface area (Å²) in [5, 5.41) is 2.10. The smallest absolute Gasteiger partial charge is 0.00992 e. The van der Waals surface area contributed by atoms with Gasteiger partial charge in [-0.2, -0.15) is 0 Å². The minimum atomic E-state index is 0.329. The van der Waals surface area contributed by atoms with E-state index in [1.165, 1.54) is 23.1 Å². The molecule has 102 valence electrons. The molecule has 0 aliphatic heterocycles. The first kappa shape index (κ1) is 16.2. The predicted molar refractivity (Wildman–Crippen MR) is 89.1 cm³/mol. The Bertz CT molecular complexity index is 379. The van der Waals surface area contributed by atoms with Gasteiger partial charge in [0.2, 0.25) is 0 Å². The number of benzene rings is 1. The Morgan fingerprint density at radius 1 is 1.06 bits per heavy atom. The fourth-order valence-electron chi connectivity index (χ4n) is 2.52. The fraction of sp³-hybridized carbons (Fsp3) is 0.625. The third-order valence-corrected chi connectivity index (χ3v) is 5.94. The summed E-state index contributed by atoms with van der Waals surface area (Å²) in [4.78, 5) is 0. The second-order valence-electron chi connectivity index (χ2n) is 5.96. The van der Waals surface area contributed by atoms with Gasteiger partial charge in [-0.1, -0.05) is 63.9 Å². The van der Waals surface area contributed by atoms with Crippen LogP contribution in [0.3, 0.4) is 0 Å². The number of hydrogen-bond acceptors (Lipinski definition) is 0. The molecule has 0 aromatic heterocycles. The van der Waals surface area contributed by atoms with E-state index in [0.717, 1.165) is 23.0 Å². The van der Waals surface area contributed by atoms with Gasteiger partial charge in [-0.15, -0.1) is 0 Å². The Morgan fingerprint density at radius 2 is 1.67 bits per heavy atom. The van der Waals surface area contributed by atoms with Crippen LogP contribution in [0.15, 0.2) is 18.2 Å². The van der Waals surface area contributed by atoms with Gasteiger partial charge in [0.25, 0.3) is 0 Å². The largest absolute Gasteiger partial charge is 0.0922 e. The van der Waals surface area contributed by atoms with Crippen LogP contribution in [0.4, 0.5) is 0 Å². The van der Waals surface area contributed by atoms with Crippen molar-refractivity contribution in [3.05, 3.63) is 34.9 Å². The molecule has 0 aliphatic carbocycles. The molecule has 0 unspecified atom stereocenters. The highest BCUT2D eigenvalue weighted by molar-refractivity contribution is 9.09. The van der Waals surface area contributed by atoms with Crippen molar-refractivity contribution in [2.45, 2.75) is 40.5 Å². The minimum Gasteiger partial charge on any atom is -0.0922 e. The van der Waals surface area contributed by atoms with E-state index in [9.17, 15) is 0 Å². The van der Waals surface area contributed by atoms with Crippen LogP contribution in [0.1, 0.15) is 37.0 Å². The van der Waals surface area contributed by atoms with Crippen molar-refractivity contribution in [1.29, 1.82) is 0 Å². The SMILES string of the molecule is Cc1ccc(CC(CBr)(CBr)CC(C)C)cc1C. The van der Waals surface area contributed by atoms with Gasteiger partial charge in [0.15, 0.2) is 0 Å². The van der Waals surface area contributed by atoms with Crippen LogP contribution in [0.2, 0.25) is 0 Å². The Morgan fingerprint density at radius 3 is 2.11 bits per heavy atom. The summed E-state index contributed by atoms with van der Waals surface area (Å²) in [5.41, 5.74) is 4.56. The summed E-state index contributed by atoms with van der Waals surface area (Å²) in [5.74, 6) is 0.728. The Balaban J connectivity index is 2.92. The van der Waals surface area contributed by atoms with E-state index < -0.39 is 0 Å². The molecule has 0 atom stereocenters. The van der Waals surface area contributed by atoms with Crippen molar-refractivity contribution >= 4 is 31.9 Å². The number of aryl methyl sites for hydroxylation is 2. The highest BCUT2D eigenvalue weighted by Gasteiger charge is 2.29. The average molecular weight is 376 g/mol. The normalized spacial score (nSPS) is 12.2. The molecule has 0 spiro atoms. The first-order valence-electron chi connectivity index (χ1n) is 6.60. The van der Waals surface area contributed by atoms with Crippen molar-refractivity contribution < 1.29 is 0 Å². The van der Waals surface area contributed by atoms with Crippen LogP contribution < -0.4 is 0 Å². The Hall–Kier alpha value is 0.180. The lowest BCUT2D eigenvalue weighted by Gasteiger charge is -2.32. The van der Waals surface area contributed by atoms with Gasteiger partial charge in [-0.25, -0.2) is 0 Å². The molecule has 0 radical (unpaired) electrons.